The van der Waals surface area contributed by atoms with Gasteiger partial charge in [0, 0.05) is 6.61 Å². The molecule has 1 rings (SSSR count). The average molecular weight is 224 g/mol. The Labute approximate surface area is 96.4 Å². The van der Waals surface area contributed by atoms with Gasteiger partial charge in [-0.15, -0.1) is 0 Å². The summed E-state index contributed by atoms with van der Waals surface area (Å²) >= 11 is 0. The summed E-state index contributed by atoms with van der Waals surface area (Å²) in [5, 5.41) is 0. The van der Waals surface area contributed by atoms with Crippen molar-refractivity contribution in [3.8, 4) is 0 Å². The van der Waals surface area contributed by atoms with Crippen molar-refractivity contribution in [2.45, 2.75) is 39.2 Å². The Bertz CT molecular complexity index is 276. The van der Waals surface area contributed by atoms with Crippen LogP contribution in [0.25, 0.3) is 0 Å². The van der Waals surface area contributed by atoms with Crippen molar-refractivity contribution < 1.29 is 4.74 Å². The lowest BCUT2D eigenvalue weighted by Crippen LogP contribution is -2.09. The molecule has 1 aromatic heterocycles. The fraction of sp³-hybridized carbons (Fsp3) is 0.636. The lowest BCUT2D eigenvalue weighted by atomic mass is 10.2. The zero-order valence-electron chi connectivity index (χ0n) is 9.78. The van der Waals surface area contributed by atoms with E-state index in [1.165, 1.54) is 19.3 Å². The highest BCUT2D eigenvalue weighted by Gasteiger charge is 1.96. The van der Waals surface area contributed by atoms with E-state index in [-0.39, 0.29) is 0 Å². The van der Waals surface area contributed by atoms with Crippen LogP contribution in [0.1, 0.15) is 38.3 Å². The number of nitrogens with zero attached hydrogens (tertiary/aromatic N) is 2. The maximum absolute atomic E-state index is 5.49. The minimum atomic E-state index is 0.518. The minimum absolute atomic E-state index is 0.518. The van der Waals surface area contributed by atoms with E-state index >= 15 is 0 Å². The molecular formula is C11H20N4O. The van der Waals surface area contributed by atoms with Crippen LogP contribution in [0.2, 0.25) is 0 Å². The molecule has 16 heavy (non-hydrogen) atoms. The van der Waals surface area contributed by atoms with E-state index in [9.17, 15) is 0 Å². The Balaban J connectivity index is 2.12. The number of nitrogens with one attached hydrogen (secondary N) is 1. The Morgan fingerprint density at radius 2 is 2.12 bits per heavy atom. The summed E-state index contributed by atoms with van der Waals surface area (Å²) in [5.41, 5.74) is 3.26. The van der Waals surface area contributed by atoms with Crippen molar-refractivity contribution in [1.29, 1.82) is 0 Å². The first-order valence-corrected chi connectivity index (χ1v) is 5.72. The summed E-state index contributed by atoms with van der Waals surface area (Å²) in [5.74, 6) is 5.75. The second kappa shape index (κ2) is 8.01. The number of ether oxygens (including phenoxy) is 1. The molecule has 0 bridgehead atoms. The molecule has 0 aliphatic heterocycles. The van der Waals surface area contributed by atoms with Crippen LogP contribution in [-0.4, -0.2) is 16.6 Å². The second-order valence-corrected chi connectivity index (χ2v) is 3.65. The molecule has 1 aromatic rings. The molecule has 0 fully saturated rings. The molecule has 0 radical (unpaired) electrons. The van der Waals surface area contributed by atoms with Crippen molar-refractivity contribution in [3.05, 3.63) is 18.1 Å². The molecule has 3 N–H and O–H groups in total. The highest BCUT2D eigenvalue weighted by molar-refractivity contribution is 5.28. The first-order valence-electron chi connectivity index (χ1n) is 5.72. The highest BCUT2D eigenvalue weighted by atomic mass is 16.5. The average Bonchev–Trinajstić information content (AvgIpc) is 2.34. The molecule has 0 saturated carbocycles. The molecule has 0 saturated heterocycles. The van der Waals surface area contributed by atoms with Crippen LogP contribution in [0.3, 0.4) is 0 Å². The van der Waals surface area contributed by atoms with Gasteiger partial charge >= 0.3 is 0 Å². The fourth-order valence-corrected chi connectivity index (χ4v) is 1.31. The fourth-order valence-electron chi connectivity index (χ4n) is 1.31. The van der Waals surface area contributed by atoms with Gasteiger partial charge in [0.1, 0.15) is 0 Å². The molecule has 0 aliphatic carbocycles. The standard InChI is InChI=1S/C11H20N4O/c1-2-3-4-5-6-16-9-10-7-14-11(15-12)8-13-10/h7-8H,2-6,9,12H2,1H3,(H,14,15). The van der Waals surface area contributed by atoms with E-state index < -0.39 is 0 Å². The van der Waals surface area contributed by atoms with Gasteiger partial charge in [-0.1, -0.05) is 26.2 Å². The summed E-state index contributed by atoms with van der Waals surface area (Å²) < 4.78 is 5.49. The van der Waals surface area contributed by atoms with Gasteiger partial charge in [-0.25, -0.2) is 10.8 Å². The molecular weight excluding hydrogens is 204 g/mol. The van der Waals surface area contributed by atoms with E-state index in [4.69, 9.17) is 10.6 Å². The SMILES string of the molecule is CCCCCCOCc1cnc(NN)cn1. The summed E-state index contributed by atoms with van der Waals surface area (Å²) in [4.78, 5) is 8.20. The molecule has 5 heteroatoms. The van der Waals surface area contributed by atoms with E-state index in [2.05, 4.69) is 22.3 Å². The van der Waals surface area contributed by atoms with Crippen LogP contribution in [0.4, 0.5) is 5.82 Å². The highest BCUT2D eigenvalue weighted by Crippen LogP contribution is 2.03. The van der Waals surface area contributed by atoms with Gasteiger partial charge in [-0.2, -0.15) is 0 Å². The van der Waals surface area contributed by atoms with Crippen LogP contribution in [0.5, 0.6) is 0 Å². The molecule has 0 unspecified atom stereocenters. The second-order valence-electron chi connectivity index (χ2n) is 3.65. The monoisotopic (exact) mass is 224 g/mol. The molecule has 0 spiro atoms. The normalized spacial score (nSPS) is 10.4. The number of unbranched alkanes of at least 4 members (excludes halogenated alkanes) is 3. The molecule has 5 nitrogen and oxygen atoms in total. The van der Waals surface area contributed by atoms with Gasteiger partial charge in [0.15, 0.2) is 5.82 Å². The first-order chi connectivity index (χ1) is 7.86. The molecule has 0 amide bonds. The predicted octanol–water partition coefficient (Wildman–Crippen LogP) is 1.86. The van der Waals surface area contributed by atoms with Crippen molar-refractivity contribution in [2.24, 2.45) is 5.84 Å². The predicted molar refractivity (Wildman–Crippen MR) is 63.6 cm³/mol. The van der Waals surface area contributed by atoms with Gasteiger partial charge < -0.3 is 10.2 Å². The topological polar surface area (TPSA) is 73.1 Å². The number of aromatic nitrogens is 2. The Morgan fingerprint density at radius 3 is 2.75 bits per heavy atom. The lowest BCUT2D eigenvalue weighted by molar-refractivity contribution is 0.114. The Kier molecular flexibility index (Phi) is 6.44. The van der Waals surface area contributed by atoms with E-state index in [0.717, 1.165) is 18.7 Å². The first kappa shape index (κ1) is 12.9. The number of hydrogen-bond acceptors (Lipinski definition) is 5. The van der Waals surface area contributed by atoms with Gasteiger partial charge in [-0.05, 0) is 6.42 Å². The van der Waals surface area contributed by atoms with Gasteiger partial charge in [0.05, 0.1) is 24.7 Å². The summed E-state index contributed by atoms with van der Waals surface area (Å²) in [6.07, 6.45) is 8.14. The van der Waals surface area contributed by atoms with Crippen LogP contribution < -0.4 is 11.3 Å². The number of anilines is 1. The minimum Gasteiger partial charge on any atom is -0.375 e. The van der Waals surface area contributed by atoms with Gasteiger partial charge in [0.2, 0.25) is 0 Å². The lowest BCUT2D eigenvalue weighted by Gasteiger charge is -2.04. The Morgan fingerprint density at radius 1 is 1.25 bits per heavy atom. The third-order valence-corrected chi connectivity index (χ3v) is 2.25. The van der Waals surface area contributed by atoms with Crippen molar-refractivity contribution >= 4 is 5.82 Å². The maximum Gasteiger partial charge on any atom is 0.158 e. The van der Waals surface area contributed by atoms with Crippen LogP contribution in [-0.2, 0) is 11.3 Å². The van der Waals surface area contributed by atoms with Crippen LogP contribution >= 0.6 is 0 Å². The molecule has 0 atom stereocenters. The summed E-state index contributed by atoms with van der Waals surface area (Å²) in [6, 6.07) is 0. The largest absolute Gasteiger partial charge is 0.375 e. The quantitative estimate of drug-likeness (QED) is 0.400. The molecule has 90 valence electrons. The third-order valence-electron chi connectivity index (χ3n) is 2.25. The van der Waals surface area contributed by atoms with Crippen LogP contribution in [0.15, 0.2) is 12.4 Å². The Hall–Kier alpha value is -1.20. The number of hydrazine groups is 1. The number of nitrogen functional groups attached to an aromatic ring is 1. The molecule has 0 aliphatic rings. The summed E-state index contributed by atoms with van der Waals surface area (Å²) in [6.45, 7) is 3.51. The van der Waals surface area contributed by atoms with Crippen molar-refractivity contribution in [3.63, 3.8) is 0 Å². The number of hydrogen-bond donors (Lipinski definition) is 2. The molecule has 0 aromatic carbocycles. The van der Waals surface area contributed by atoms with E-state index in [0.29, 0.717) is 12.4 Å². The molecule has 1 heterocycles. The van der Waals surface area contributed by atoms with Crippen molar-refractivity contribution in [1.82, 2.24) is 9.97 Å². The third kappa shape index (κ3) is 5.04. The van der Waals surface area contributed by atoms with Crippen LogP contribution in [0, 0.1) is 0 Å². The summed E-state index contributed by atoms with van der Waals surface area (Å²) in [7, 11) is 0. The van der Waals surface area contributed by atoms with Gasteiger partial charge in [-0.3, -0.25) is 4.98 Å². The van der Waals surface area contributed by atoms with Crippen molar-refractivity contribution in [2.75, 3.05) is 12.0 Å². The zero-order chi connectivity index (χ0) is 11.6. The maximum atomic E-state index is 5.49. The number of rotatable bonds is 8. The smallest absolute Gasteiger partial charge is 0.158 e. The van der Waals surface area contributed by atoms with Gasteiger partial charge in [0.25, 0.3) is 0 Å². The van der Waals surface area contributed by atoms with E-state index in [1.807, 2.05) is 0 Å². The van der Waals surface area contributed by atoms with E-state index in [1.54, 1.807) is 12.4 Å². The zero-order valence-corrected chi connectivity index (χ0v) is 9.78. The number of nitrogens with two attached hydrogens (primary N) is 1.